The van der Waals surface area contributed by atoms with Crippen LogP contribution in [-0.2, 0) is 23.7 Å². The second-order valence-corrected chi connectivity index (χ2v) is 7.35. The van der Waals surface area contributed by atoms with Crippen molar-refractivity contribution in [3.05, 3.63) is 22.6 Å². The van der Waals surface area contributed by atoms with Gasteiger partial charge in [0, 0.05) is 30.3 Å². The minimum Gasteiger partial charge on any atom is -0.463 e. The van der Waals surface area contributed by atoms with Gasteiger partial charge in [0.1, 0.15) is 24.3 Å². The number of fused-ring (bicyclic) bond motifs is 1. The van der Waals surface area contributed by atoms with Crippen molar-refractivity contribution in [2.24, 2.45) is 4.99 Å². The average Bonchev–Trinajstić information content (AvgIpc) is 3.24. The van der Waals surface area contributed by atoms with Crippen molar-refractivity contribution in [1.29, 1.82) is 0 Å². The number of nitrogens with one attached hydrogen (secondary N) is 1. The molecule has 2 aromatic heterocycles. The van der Waals surface area contributed by atoms with Gasteiger partial charge < -0.3 is 34.6 Å². The highest BCUT2D eigenvalue weighted by Crippen LogP contribution is 2.50. The number of carbonyl (C=O) groups excluding carboxylic acids is 2. The minimum atomic E-state index is -1.22. The number of hydrogen-bond acceptors (Lipinski definition) is 11. The molecule has 0 bridgehead atoms. The van der Waals surface area contributed by atoms with Crippen molar-refractivity contribution < 1.29 is 28.5 Å². The molecule has 0 radical (unpaired) electrons. The Morgan fingerprint density at radius 3 is 3.00 bits per heavy atom. The van der Waals surface area contributed by atoms with Crippen LogP contribution in [0.2, 0.25) is 0 Å². The predicted octanol–water partition coefficient (Wildman–Crippen LogP) is 0.819. The molecule has 2 saturated heterocycles. The number of ether oxygens (including phenoxy) is 4. The number of aromatic nitrogens is 2. The van der Waals surface area contributed by atoms with Gasteiger partial charge in [0.05, 0.1) is 11.7 Å². The molecule has 0 aliphatic carbocycles. The van der Waals surface area contributed by atoms with Crippen LogP contribution in [0.5, 0.6) is 0 Å². The summed E-state index contributed by atoms with van der Waals surface area (Å²) >= 11 is 0. The van der Waals surface area contributed by atoms with Crippen LogP contribution >= 0.6 is 0 Å². The molecule has 4 atom stereocenters. The molecule has 0 spiro atoms. The van der Waals surface area contributed by atoms with E-state index < -0.39 is 41.7 Å². The van der Waals surface area contributed by atoms with E-state index in [0.717, 1.165) is 0 Å². The molecular formula is C18H17N5O7. The van der Waals surface area contributed by atoms with E-state index in [-0.39, 0.29) is 12.3 Å². The standard InChI is InChI=1S/C18H17N5O7/c1-7(24)27-5-10-13-18(2,30-17(26)29-13)16(28-10)23-4-8-9(19)3-11(25)22-14-12(8)15(23)21-6-20-14/h3-4,6,10,13,16H,5,19H2,1-2H3,(H,20,21,22,25)/t10-,13-,16-,18+/m1/s1. The topological polar surface area (TPSA) is 156 Å². The first-order valence-electron chi connectivity index (χ1n) is 9.11. The highest BCUT2D eigenvalue weighted by atomic mass is 16.8. The summed E-state index contributed by atoms with van der Waals surface area (Å²) in [6, 6.07) is 1.22. The smallest absolute Gasteiger partial charge is 0.463 e. The van der Waals surface area contributed by atoms with Gasteiger partial charge in [-0.05, 0) is 6.92 Å². The molecule has 3 aliphatic heterocycles. The fourth-order valence-corrected chi connectivity index (χ4v) is 4.10. The van der Waals surface area contributed by atoms with Crippen LogP contribution in [0.1, 0.15) is 20.1 Å². The molecule has 3 aliphatic rings. The van der Waals surface area contributed by atoms with E-state index in [2.05, 4.69) is 15.3 Å². The Bertz CT molecular complexity index is 1190. The monoisotopic (exact) mass is 415 g/mol. The Hall–Kier alpha value is -3.67. The van der Waals surface area contributed by atoms with Gasteiger partial charge in [0.2, 0.25) is 0 Å². The Morgan fingerprint density at radius 2 is 2.23 bits per heavy atom. The molecule has 156 valence electrons. The lowest BCUT2D eigenvalue weighted by Crippen LogP contribution is -2.42. The zero-order valence-corrected chi connectivity index (χ0v) is 15.9. The highest BCUT2D eigenvalue weighted by Gasteiger charge is 2.64. The Balaban J connectivity index is 1.66. The summed E-state index contributed by atoms with van der Waals surface area (Å²) in [7, 11) is 0. The maximum atomic E-state index is 11.9. The van der Waals surface area contributed by atoms with Crippen molar-refractivity contribution in [2.45, 2.75) is 37.9 Å². The molecule has 0 aromatic carbocycles. The summed E-state index contributed by atoms with van der Waals surface area (Å²) < 4.78 is 23.6. The SMILES string of the molecule is CC(=O)OC[C@H]1O[C@@H](n2cc3c(N)cc(=O)nc4c3c2N=CN4)[C@@]2(C)OC(=O)O[C@H]12. The number of aliphatic imine (C=N–C) groups is 1. The molecule has 0 amide bonds. The molecule has 2 fully saturated rings. The average molecular weight is 415 g/mol. The van der Waals surface area contributed by atoms with Crippen LogP contribution in [0.3, 0.4) is 0 Å². The number of carbonyl (C=O) groups is 2. The Labute approximate surface area is 168 Å². The van der Waals surface area contributed by atoms with Gasteiger partial charge in [-0.2, -0.15) is 4.98 Å². The number of nitrogens with two attached hydrogens (primary N) is 1. The van der Waals surface area contributed by atoms with E-state index in [4.69, 9.17) is 24.7 Å². The molecule has 2 aromatic rings. The van der Waals surface area contributed by atoms with E-state index >= 15 is 0 Å². The Morgan fingerprint density at radius 1 is 1.43 bits per heavy atom. The predicted molar refractivity (Wildman–Crippen MR) is 102 cm³/mol. The van der Waals surface area contributed by atoms with E-state index in [1.54, 1.807) is 17.7 Å². The third-order valence-electron chi connectivity index (χ3n) is 5.37. The van der Waals surface area contributed by atoms with Gasteiger partial charge >= 0.3 is 12.1 Å². The van der Waals surface area contributed by atoms with Crippen molar-refractivity contribution >= 4 is 46.6 Å². The van der Waals surface area contributed by atoms with Crippen LogP contribution in [0, 0.1) is 0 Å². The lowest BCUT2D eigenvalue weighted by Gasteiger charge is -2.27. The number of anilines is 2. The Kier molecular flexibility index (Phi) is 3.77. The second-order valence-electron chi connectivity index (χ2n) is 7.35. The molecule has 0 unspecified atom stereocenters. The van der Waals surface area contributed by atoms with Crippen LogP contribution < -0.4 is 16.6 Å². The molecule has 12 heteroatoms. The second kappa shape index (κ2) is 6.16. The molecule has 5 rings (SSSR count). The first-order chi connectivity index (χ1) is 14.3. The number of nitrogen functional groups attached to an aromatic ring is 1. The summed E-state index contributed by atoms with van der Waals surface area (Å²) in [6.07, 6.45) is -0.226. The van der Waals surface area contributed by atoms with Gasteiger partial charge in [-0.3, -0.25) is 9.59 Å². The van der Waals surface area contributed by atoms with Crippen molar-refractivity contribution in [1.82, 2.24) is 9.55 Å². The first kappa shape index (κ1) is 18.4. The molecule has 30 heavy (non-hydrogen) atoms. The van der Waals surface area contributed by atoms with Crippen molar-refractivity contribution in [3.8, 4) is 0 Å². The molecule has 5 heterocycles. The van der Waals surface area contributed by atoms with Crippen LogP contribution in [0.15, 0.2) is 22.1 Å². The molecular weight excluding hydrogens is 398 g/mol. The van der Waals surface area contributed by atoms with Crippen LogP contribution in [-0.4, -0.2) is 52.4 Å². The fraction of sp³-hybridized carbons (Fsp3) is 0.389. The lowest BCUT2D eigenvalue weighted by atomic mass is 9.96. The summed E-state index contributed by atoms with van der Waals surface area (Å²) in [6.45, 7) is 2.82. The maximum Gasteiger partial charge on any atom is 0.509 e. The summed E-state index contributed by atoms with van der Waals surface area (Å²) in [5, 5.41) is 3.89. The third-order valence-corrected chi connectivity index (χ3v) is 5.37. The quantitative estimate of drug-likeness (QED) is 0.688. The molecule has 12 nitrogen and oxygen atoms in total. The summed E-state index contributed by atoms with van der Waals surface area (Å²) in [5.74, 6) is 0.219. The molecule has 0 saturated carbocycles. The minimum absolute atomic E-state index is 0.118. The first-order valence-corrected chi connectivity index (χ1v) is 9.11. The maximum absolute atomic E-state index is 11.9. The van der Waals surface area contributed by atoms with Gasteiger partial charge in [0.15, 0.2) is 17.9 Å². The van der Waals surface area contributed by atoms with E-state index in [0.29, 0.717) is 22.4 Å². The summed E-state index contributed by atoms with van der Waals surface area (Å²) in [5.41, 5.74) is 4.59. The number of nitrogens with zero attached hydrogens (tertiary/aromatic N) is 3. The van der Waals surface area contributed by atoms with Crippen LogP contribution in [0.25, 0.3) is 10.8 Å². The third kappa shape index (κ3) is 2.53. The van der Waals surface area contributed by atoms with Crippen LogP contribution in [0.4, 0.5) is 22.1 Å². The fourth-order valence-electron chi connectivity index (χ4n) is 4.10. The van der Waals surface area contributed by atoms with Gasteiger partial charge in [-0.15, -0.1) is 0 Å². The van der Waals surface area contributed by atoms with Crippen molar-refractivity contribution in [3.63, 3.8) is 0 Å². The van der Waals surface area contributed by atoms with E-state index in [9.17, 15) is 14.4 Å². The van der Waals surface area contributed by atoms with Crippen molar-refractivity contribution in [2.75, 3.05) is 17.7 Å². The van der Waals surface area contributed by atoms with Gasteiger partial charge in [-0.1, -0.05) is 0 Å². The highest BCUT2D eigenvalue weighted by molar-refractivity contribution is 6.10. The number of hydrogen-bond donors (Lipinski definition) is 2. The van der Waals surface area contributed by atoms with E-state index in [1.807, 2.05) is 0 Å². The normalized spacial score (nSPS) is 28.6. The lowest BCUT2D eigenvalue weighted by molar-refractivity contribution is -0.148. The van der Waals surface area contributed by atoms with Gasteiger partial charge in [-0.25, -0.2) is 9.79 Å². The van der Waals surface area contributed by atoms with E-state index in [1.165, 1.54) is 19.3 Å². The zero-order chi connectivity index (χ0) is 21.2. The number of rotatable bonds is 3. The number of esters is 1. The summed E-state index contributed by atoms with van der Waals surface area (Å²) in [4.78, 5) is 43.5. The van der Waals surface area contributed by atoms with Gasteiger partial charge in [0.25, 0.3) is 5.56 Å². The molecule has 3 N–H and O–H groups in total. The largest absolute Gasteiger partial charge is 0.509 e. The zero-order valence-electron chi connectivity index (χ0n) is 15.9.